The van der Waals surface area contributed by atoms with E-state index in [0.29, 0.717) is 5.75 Å². The van der Waals surface area contributed by atoms with Gasteiger partial charge in [-0.1, -0.05) is 47.5 Å². The largest absolute Gasteiger partial charge is 0.492 e. The molecule has 0 heterocycles. The third kappa shape index (κ3) is 6.93. The van der Waals surface area contributed by atoms with Gasteiger partial charge in [0.05, 0.1) is 32.1 Å². The minimum Gasteiger partial charge on any atom is -0.492 e. The molecule has 0 saturated heterocycles. The van der Waals surface area contributed by atoms with Crippen molar-refractivity contribution in [2.45, 2.75) is 9.79 Å². The number of hydrogen-bond donors (Lipinski definition) is 1. The van der Waals surface area contributed by atoms with Gasteiger partial charge < -0.3 is 10.1 Å². The number of rotatable bonds is 11. The Morgan fingerprint density at radius 3 is 2.08 bits per heavy atom. The van der Waals surface area contributed by atoms with Crippen molar-refractivity contribution in [2.24, 2.45) is 0 Å². The first-order valence-corrected chi connectivity index (χ1v) is 14.5. The molecule has 0 aromatic heterocycles. The molecule has 0 aliphatic heterocycles. The molecule has 0 radical (unpaired) electrons. The van der Waals surface area contributed by atoms with Crippen LogP contribution in [-0.4, -0.2) is 60.8 Å². The number of benzene rings is 3. The summed E-state index contributed by atoms with van der Waals surface area (Å²) in [5, 5.41) is 2.76. The van der Waals surface area contributed by atoms with Gasteiger partial charge in [0.15, 0.2) is 0 Å². The third-order valence-corrected chi connectivity index (χ3v) is 9.53. The first-order chi connectivity index (χ1) is 17.4. The van der Waals surface area contributed by atoms with E-state index < -0.39 is 32.5 Å². The number of sulfonamides is 2. The molecule has 3 aromatic carbocycles. The van der Waals surface area contributed by atoms with Gasteiger partial charge in [-0.3, -0.25) is 9.10 Å². The summed E-state index contributed by atoms with van der Waals surface area (Å²) in [5.41, 5.74) is 0.0668. The van der Waals surface area contributed by atoms with Crippen LogP contribution >= 0.6 is 23.2 Å². The van der Waals surface area contributed by atoms with Crippen LogP contribution in [0, 0.1) is 0 Å². The summed E-state index contributed by atoms with van der Waals surface area (Å²) in [6, 6.07) is 18.0. The molecule has 0 atom stereocenters. The van der Waals surface area contributed by atoms with Crippen LogP contribution < -0.4 is 14.4 Å². The van der Waals surface area contributed by atoms with Gasteiger partial charge in [-0.25, -0.2) is 21.1 Å². The van der Waals surface area contributed by atoms with E-state index in [9.17, 15) is 21.6 Å². The smallest absolute Gasteiger partial charge is 0.264 e. The molecule has 0 unspecified atom stereocenters. The van der Waals surface area contributed by atoms with E-state index in [0.717, 1.165) is 8.61 Å². The summed E-state index contributed by atoms with van der Waals surface area (Å²) < 4.78 is 58.6. The van der Waals surface area contributed by atoms with Crippen molar-refractivity contribution in [1.82, 2.24) is 9.62 Å². The highest BCUT2D eigenvalue weighted by Gasteiger charge is 2.29. The predicted octanol–water partition coefficient (Wildman–Crippen LogP) is 3.63. The maximum absolute atomic E-state index is 13.4. The molecule has 1 N–H and O–H groups in total. The van der Waals surface area contributed by atoms with E-state index in [1.165, 1.54) is 68.7 Å². The van der Waals surface area contributed by atoms with E-state index in [1.54, 1.807) is 18.2 Å². The summed E-state index contributed by atoms with van der Waals surface area (Å²) >= 11 is 12.4. The Morgan fingerprint density at radius 2 is 1.46 bits per heavy atom. The van der Waals surface area contributed by atoms with Crippen molar-refractivity contribution < 1.29 is 26.4 Å². The monoisotopic (exact) mass is 585 g/mol. The minimum atomic E-state index is -4.14. The van der Waals surface area contributed by atoms with Crippen molar-refractivity contribution in [1.29, 1.82) is 0 Å². The molecule has 13 heteroatoms. The number of halogens is 2. The fourth-order valence-electron chi connectivity index (χ4n) is 3.17. The number of hydrogen-bond acceptors (Lipinski definition) is 6. The zero-order valence-corrected chi connectivity index (χ0v) is 23.1. The molecule has 0 saturated carbocycles. The minimum absolute atomic E-state index is 0.000431. The van der Waals surface area contributed by atoms with E-state index in [4.69, 9.17) is 27.9 Å². The Kier molecular flexibility index (Phi) is 9.43. The van der Waals surface area contributed by atoms with Crippen LogP contribution in [0.3, 0.4) is 0 Å². The van der Waals surface area contributed by atoms with Gasteiger partial charge in [0, 0.05) is 14.1 Å². The van der Waals surface area contributed by atoms with Crippen LogP contribution in [0.2, 0.25) is 10.0 Å². The molecular weight excluding hydrogens is 561 g/mol. The Morgan fingerprint density at radius 1 is 0.838 bits per heavy atom. The van der Waals surface area contributed by atoms with Gasteiger partial charge in [-0.15, -0.1) is 0 Å². The molecule has 3 aromatic rings. The van der Waals surface area contributed by atoms with Gasteiger partial charge in [-0.2, -0.15) is 0 Å². The predicted molar refractivity (Wildman–Crippen MR) is 143 cm³/mol. The number of nitrogens with zero attached hydrogens (tertiary/aromatic N) is 2. The van der Waals surface area contributed by atoms with Gasteiger partial charge in [0.25, 0.3) is 10.0 Å². The van der Waals surface area contributed by atoms with E-state index in [2.05, 4.69) is 5.32 Å². The summed E-state index contributed by atoms with van der Waals surface area (Å²) in [6.45, 7) is -0.414. The molecular formula is C24H25Cl2N3O6S2. The summed E-state index contributed by atoms with van der Waals surface area (Å²) in [4.78, 5) is 12.8. The normalized spacial score (nSPS) is 11.8. The van der Waals surface area contributed by atoms with Crippen molar-refractivity contribution in [2.75, 3.05) is 38.1 Å². The quantitative estimate of drug-likeness (QED) is 0.344. The topological polar surface area (TPSA) is 113 Å². The second kappa shape index (κ2) is 12.1. The van der Waals surface area contributed by atoms with Crippen LogP contribution in [0.5, 0.6) is 5.75 Å². The zero-order chi connectivity index (χ0) is 27.2. The van der Waals surface area contributed by atoms with Gasteiger partial charge in [-0.05, 0) is 48.5 Å². The fourth-order valence-corrected chi connectivity index (χ4v) is 5.97. The first kappa shape index (κ1) is 28.7. The van der Waals surface area contributed by atoms with Crippen LogP contribution in [0.4, 0.5) is 5.69 Å². The molecule has 0 aliphatic rings. The molecule has 0 fully saturated rings. The average Bonchev–Trinajstić information content (AvgIpc) is 2.87. The molecule has 0 bridgehead atoms. The average molecular weight is 587 g/mol. The van der Waals surface area contributed by atoms with E-state index >= 15 is 0 Å². The van der Waals surface area contributed by atoms with Crippen LogP contribution in [0.25, 0.3) is 0 Å². The lowest BCUT2D eigenvalue weighted by Crippen LogP contribution is -2.42. The van der Waals surface area contributed by atoms with Crippen LogP contribution in [-0.2, 0) is 24.8 Å². The number of nitrogens with one attached hydrogen (secondary N) is 1. The van der Waals surface area contributed by atoms with Crippen LogP contribution in [0.1, 0.15) is 0 Å². The highest BCUT2D eigenvalue weighted by atomic mass is 35.5. The molecule has 3 rings (SSSR count). The molecule has 37 heavy (non-hydrogen) atoms. The fraction of sp³-hybridized carbons (Fsp3) is 0.208. The highest BCUT2D eigenvalue weighted by Crippen LogP contribution is 2.35. The standard InChI is InChI=1S/C24H25Cl2N3O6S2/c1-28(2)36(31,32)20-13-11-18(12-14-20)35-16-15-27-23(30)17-29(22-10-6-9-21(25)24(22)26)37(33,34)19-7-4-3-5-8-19/h3-14H,15-17H2,1-2H3,(H,27,30). The first-order valence-electron chi connectivity index (χ1n) is 10.9. The summed E-state index contributed by atoms with van der Waals surface area (Å²) in [7, 11) is -4.81. The van der Waals surface area contributed by atoms with Gasteiger partial charge in [0.1, 0.15) is 18.9 Å². The van der Waals surface area contributed by atoms with Crippen molar-refractivity contribution in [3.63, 3.8) is 0 Å². The third-order valence-electron chi connectivity index (χ3n) is 5.11. The SMILES string of the molecule is CN(C)S(=O)(=O)c1ccc(OCCNC(=O)CN(c2cccc(Cl)c2Cl)S(=O)(=O)c2ccccc2)cc1. The Bertz CT molecular complexity index is 1450. The van der Waals surface area contributed by atoms with Gasteiger partial charge >= 0.3 is 0 Å². The second-order valence-electron chi connectivity index (χ2n) is 7.85. The van der Waals surface area contributed by atoms with Crippen molar-refractivity contribution in [3.8, 4) is 5.75 Å². The Labute approximate surface area is 226 Å². The highest BCUT2D eigenvalue weighted by molar-refractivity contribution is 7.93. The molecule has 198 valence electrons. The number of carbonyl (C=O) groups excluding carboxylic acids is 1. The van der Waals surface area contributed by atoms with E-state index in [-0.39, 0.29) is 38.7 Å². The molecule has 1 amide bonds. The van der Waals surface area contributed by atoms with Crippen LogP contribution in [0.15, 0.2) is 82.6 Å². The summed E-state index contributed by atoms with van der Waals surface area (Å²) in [6.07, 6.45) is 0. The molecule has 0 spiro atoms. The molecule has 9 nitrogen and oxygen atoms in total. The number of anilines is 1. The van der Waals surface area contributed by atoms with Crippen molar-refractivity contribution >= 4 is 54.8 Å². The van der Waals surface area contributed by atoms with E-state index in [1.807, 2.05) is 0 Å². The maximum Gasteiger partial charge on any atom is 0.264 e. The Balaban J connectivity index is 1.67. The zero-order valence-electron chi connectivity index (χ0n) is 20.0. The Hall–Kier alpha value is -2.83. The summed E-state index contributed by atoms with van der Waals surface area (Å²) in [5.74, 6) is -0.183. The lowest BCUT2D eigenvalue weighted by molar-refractivity contribution is -0.119. The van der Waals surface area contributed by atoms with Gasteiger partial charge in [0.2, 0.25) is 15.9 Å². The second-order valence-corrected chi connectivity index (χ2v) is 12.7. The lowest BCUT2D eigenvalue weighted by Gasteiger charge is -2.25. The number of carbonyl (C=O) groups is 1. The van der Waals surface area contributed by atoms with Crippen molar-refractivity contribution in [3.05, 3.63) is 82.8 Å². The number of amides is 1. The number of ether oxygens (including phenoxy) is 1. The maximum atomic E-state index is 13.4. The lowest BCUT2D eigenvalue weighted by atomic mass is 10.3. The molecule has 0 aliphatic carbocycles.